The highest BCUT2D eigenvalue weighted by Gasteiger charge is 2.23. The minimum absolute atomic E-state index is 0.130. The van der Waals surface area contributed by atoms with Crippen molar-refractivity contribution < 1.29 is 9.18 Å². The lowest BCUT2D eigenvalue weighted by Gasteiger charge is -2.24. The van der Waals surface area contributed by atoms with Gasteiger partial charge in [-0.3, -0.25) is 4.79 Å². The average molecular weight is 238 g/mol. The van der Waals surface area contributed by atoms with E-state index in [-0.39, 0.29) is 17.6 Å². The van der Waals surface area contributed by atoms with Gasteiger partial charge < -0.3 is 10.6 Å². The summed E-state index contributed by atoms with van der Waals surface area (Å²) < 4.78 is 12.8. The van der Waals surface area contributed by atoms with Crippen LogP contribution in [0.5, 0.6) is 0 Å². The second kappa shape index (κ2) is 5.77. The number of amides is 1. The molecule has 1 aromatic rings. The van der Waals surface area contributed by atoms with Crippen LogP contribution in [0.2, 0.25) is 0 Å². The number of nitrogens with two attached hydrogens (primary N) is 1. The minimum atomic E-state index is -0.518. The summed E-state index contributed by atoms with van der Waals surface area (Å²) in [5, 5.41) is 0. The van der Waals surface area contributed by atoms with Crippen LogP contribution in [-0.2, 0) is 4.79 Å². The first-order chi connectivity index (χ1) is 7.97. The molecule has 0 heterocycles. The van der Waals surface area contributed by atoms with Crippen LogP contribution in [0, 0.1) is 11.7 Å². The molecule has 0 saturated heterocycles. The van der Waals surface area contributed by atoms with E-state index in [9.17, 15) is 9.18 Å². The molecule has 2 atom stereocenters. The van der Waals surface area contributed by atoms with Gasteiger partial charge in [0.25, 0.3) is 0 Å². The molecule has 17 heavy (non-hydrogen) atoms. The van der Waals surface area contributed by atoms with Crippen LogP contribution >= 0.6 is 0 Å². The van der Waals surface area contributed by atoms with Crippen molar-refractivity contribution in [3.8, 4) is 0 Å². The first kappa shape index (κ1) is 13.6. The third-order valence-electron chi connectivity index (χ3n) is 3.09. The van der Waals surface area contributed by atoms with Gasteiger partial charge in [0.15, 0.2) is 0 Å². The largest absolute Gasteiger partial charge is 0.320 e. The molecule has 1 aromatic carbocycles. The van der Waals surface area contributed by atoms with Gasteiger partial charge in [-0.25, -0.2) is 4.39 Å². The lowest BCUT2D eigenvalue weighted by molar-refractivity contribution is -0.120. The van der Waals surface area contributed by atoms with Gasteiger partial charge in [0, 0.05) is 12.7 Å². The molecule has 0 radical (unpaired) electrons. The molecule has 0 unspecified atom stereocenters. The van der Waals surface area contributed by atoms with Crippen molar-refractivity contribution in [1.82, 2.24) is 0 Å². The van der Waals surface area contributed by atoms with Gasteiger partial charge in [0.05, 0.1) is 6.04 Å². The Labute approximate surface area is 101 Å². The van der Waals surface area contributed by atoms with Gasteiger partial charge >= 0.3 is 0 Å². The Kier molecular flexibility index (Phi) is 4.63. The standard InChI is InChI=1S/C13H19FN2O/c1-4-9(2)12(15)13(17)16(3)11-7-5-10(14)6-8-11/h5-9,12H,4,15H2,1-3H3/t9-,12-/m0/s1. The molecule has 0 saturated carbocycles. The van der Waals surface area contributed by atoms with Crippen molar-refractivity contribution in [3.63, 3.8) is 0 Å². The predicted octanol–water partition coefficient (Wildman–Crippen LogP) is 2.16. The lowest BCUT2D eigenvalue weighted by Crippen LogP contribution is -2.45. The maximum absolute atomic E-state index is 12.8. The molecule has 0 fully saturated rings. The van der Waals surface area contributed by atoms with Crippen LogP contribution in [0.15, 0.2) is 24.3 Å². The summed E-state index contributed by atoms with van der Waals surface area (Å²) in [6, 6.07) is 5.27. The average Bonchev–Trinajstić information content (AvgIpc) is 2.36. The highest BCUT2D eigenvalue weighted by Crippen LogP contribution is 2.16. The number of nitrogens with zero attached hydrogens (tertiary/aromatic N) is 1. The highest BCUT2D eigenvalue weighted by molar-refractivity contribution is 5.96. The number of anilines is 1. The highest BCUT2D eigenvalue weighted by atomic mass is 19.1. The van der Waals surface area contributed by atoms with Crippen molar-refractivity contribution in [1.29, 1.82) is 0 Å². The molecule has 0 aliphatic carbocycles. The Balaban J connectivity index is 2.79. The zero-order chi connectivity index (χ0) is 13.0. The molecule has 3 nitrogen and oxygen atoms in total. The van der Waals surface area contributed by atoms with E-state index in [1.54, 1.807) is 19.2 Å². The second-order valence-electron chi connectivity index (χ2n) is 4.28. The Bertz CT molecular complexity index is 378. The maximum Gasteiger partial charge on any atom is 0.243 e. The van der Waals surface area contributed by atoms with Crippen LogP contribution in [-0.4, -0.2) is 19.0 Å². The molecule has 1 rings (SSSR count). The van der Waals surface area contributed by atoms with E-state index >= 15 is 0 Å². The third kappa shape index (κ3) is 3.27. The Hall–Kier alpha value is -1.42. The molecule has 4 heteroatoms. The number of hydrogen-bond donors (Lipinski definition) is 1. The molecule has 1 amide bonds. The zero-order valence-corrected chi connectivity index (χ0v) is 10.5. The quantitative estimate of drug-likeness (QED) is 0.873. The number of rotatable bonds is 4. The first-order valence-corrected chi connectivity index (χ1v) is 5.76. The third-order valence-corrected chi connectivity index (χ3v) is 3.09. The fraction of sp³-hybridized carbons (Fsp3) is 0.462. The molecular formula is C13H19FN2O. The fourth-order valence-electron chi connectivity index (χ4n) is 1.51. The second-order valence-corrected chi connectivity index (χ2v) is 4.28. The van der Waals surface area contributed by atoms with E-state index < -0.39 is 6.04 Å². The van der Waals surface area contributed by atoms with Gasteiger partial charge in [-0.1, -0.05) is 20.3 Å². The summed E-state index contributed by atoms with van der Waals surface area (Å²) in [5.74, 6) is -0.336. The van der Waals surface area contributed by atoms with Gasteiger partial charge in [-0.05, 0) is 30.2 Å². The van der Waals surface area contributed by atoms with E-state index in [1.165, 1.54) is 17.0 Å². The SMILES string of the molecule is CC[C@H](C)[C@H](N)C(=O)N(C)c1ccc(F)cc1. The minimum Gasteiger partial charge on any atom is -0.320 e. The maximum atomic E-state index is 12.8. The van der Waals surface area contributed by atoms with Crippen LogP contribution in [0.3, 0.4) is 0 Å². The number of carbonyl (C=O) groups excluding carboxylic acids is 1. The van der Waals surface area contributed by atoms with Gasteiger partial charge in [-0.15, -0.1) is 0 Å². The number of likely N-dealkylation sites (N-methyl/N-ethyl adjacent to an activating group) is 1. The Morgan fingerprint density at radius 3 is 2.41 bits per heavy atom. The van der Waals surface area contributed by atoms with Crippen LogP contribution in [0.4, 0.5) is 10.1 Å². The normalized spacial score (nSPS) is 14.2. The van der Waals surface area contributed by atoms with E-state index in [1.807, 2.05) is 13.8 Å². The summed E-state index contributed by atoms with van der Waals surface area (Å²) in [7, 11) is 1.65. The molecule has 94 valence electrons. The molecule has 0 bridgehead atoms. The van der Waals surface area contributed by atoms with E-state index in [0.717, 1.165) is 6.42 Å². The molecule has 0 aromatic heterocycles. The van der Waals surface area contributed by atoms with Gasteiger partial charge in [0.2, 0.25) is 5.91 Å². The topological polar surface area (TPSA) is 46.3 Å². The van der Waals surface area contributed by atoms with Crippen LogP contribution < -0.4 is 10.6 Å². The van der Waals surface area contributed by atoms with Crippen molar-refractivity contribution >= 4 is 11.6 Å². The predicted molar refractivity (Wildman–Crippen MR) is 67.2 cm³/mol. The monoisotopic (exact) mass is 238 g/mol. The first-order valence-electron chi connectivity index (χ1n) is 5.76. The smallest absolute Gasteiger partial charge is 0.243 e. The number of halogens is 1. The number of hydrogen-bond acceptors (Lipinski definition) is 2. The molecule has 2 N–H and O–H groups in total. The van der Waals surface area contributed by atoms with Crippen molar-refractivity contribution in [2.24, 2.45) is 11.7 Å². The van der Waals surface area contributed by atoms with E-state index in [0.29, 0.717) is 5.69 Å². The van der Waals surface area contributed by atoms with E-state index in [2.05, 4.69) is 0 Å². The molecule has 0 aliphatic rings. The van der Waals surface area contributed by atoms with Crippen molar-refractivity contribution in [2.75, 3.05) is 11.9 Å². The summed E-state index contributed by atoms with van der Waals surface area (Å²) in [6.07, 6.45) is 0.851. The van der Waals surface area contributed by atoms with Gasteiger partial charge in [0.1, 0.15) is 5.82 Å². The fourth-order valence-corrected chi connectivity index (χ4v) is 1.51. The zero-order valence-electron chi connectivity index (χ0n) is 10.5. The molecular weight excluding hydrogens is 219 g/mol. The summed E-state index contributed by atoms with van der Waals surface area (Å²) in [5.41, 5.74) is 6.52. The van der Waals surface area contributed by atoms with Crippen LogP contribution in [0.1, 0.15) is 20.3 Å². The summed E-state index contributed by atoms with van der Waals surface area (Å²) in [4.78, 5) is 13.5. The lowest BCUT2D eigenvalue weighted by atomic mass is 9.99. The number of carbonyl (C=O) groups is 1. The molecule has 0 aliphatic heterocycles. The summed E-state index contributed by atoms with van der Waals surface area (Å²) in [6.45, 7) is 3.94. The van der Waals surface area contributed by atoms with Crippen LogP contribution in [0.25, 0.3) is 0 Å². The van der Waals surface area contributed by atoms with Crippen molar-refractivity contribution in [3.05, 3.63) is 30.1 Å². The Morgan fingerprint density at radius 2 is 1.94 bits per heavy atom. The summed E-state index contributed by atoms with van der Waals surface area (Å²) >= 11 is 0. The molecule has 0 spiro atoms. The van der Waals surface area contributed by atoms with E-state index in [4.69, 9.17) is 5.73 Å². The Morgan fingerprint density at radius 1 is 1.41 bits per heavy atom. The van der Waals surface area contributed by atoms with Crippen molar-refractivity contribution in [2.45, 2.75) is 26.3 Å². The van der Waals surface area contributed by atoms with Gasteiger partial charge in [-0.2, -0.15) is 0 Å². The number of benzene rings is 1.